The van der Waals surface area contributed by atoms with Crippen molar-refractivity contribution in [2.75, 3.05) is 0 Å². The predicted octanol–water partition coefficient (Wildman–Crippen LogP) is 8.48. The molecule has 0 bridgehead atoms. The van der Waals surface area contributed by atoms with Gasteiger partial charge in [0.1, 0.15) is 11.5 Å². The van der Waals surface area contributed by atoms with E-state index < -0.39 is 0 Å². The first-order valence-corrected chi connectivity index (χ1v) is 12.1. The number of nitrogens with zero attached hydrogens (tertiary/aromatic N) is 1. The topological polar surface area (TPSA) is 52.8 Å². The zero-order valence-electron chi connectivity index (χ0n) is 21.1. The average molecular weight is 472 g/mol. The minimum atomic E-state index is 0.107. The standard InChI is InChI=1S/C33H29NO2/c1-19-20(2)32(35)21(3)33(36)29(19)31-27-17-11-9-15-25(27)30(26-16-10-12-18-28(26)31)23(5)34-22(4)24-13-7-6-8-14-24/h6-18,35-36H,5H2,1-4H3. The third-order valence-corrected chi connectivity index (χ3v) is 7.20. The molecule has 178 valence electrons. The minimum Gasteiger partial charge on any atom is -0.507 e. The lowest BCUT2D eigenvalue weighted by Gasteiger charge is -2.21. The normalized spacial score (nSPS) is 11.8. The van der Waals surface area contributed by atoms with E-state index >= 15 is 0 Å². The van der Waals surface area contributed by atoms with E-state index in [-0.39, 0.29) is 11.5 Å². The largest absolute Gasteiger partial charge is 0.507 e. The van der Waals surface area contributed by atoms with Crippen LogP contribution in [-0.2, 0) is 0 Å². The van der Waals surface area contributed by atoms with Gasteiger partial charge in [0.25, 0.3) is 0 Å². The lowest BCUT2D eigenvalue weighted by molar-refractivity contribution is 0.441. The molecule has 5 rings (SSSR count). The van der Waals surface area contributed by atoms with Gasteiger partial charge in [-0.15, -0.1) is 0 Å². The molecular formula is C33H29NO2. The van der Waals surface area contributed by atoms with Crippen molar-refractivity contribution < 1.29 is 10.2 Å². The summed E-state index contributed by atoms with van der Waals surface area (Å²) in [6, 6.07) is 26.5. The monoisotopic (exact) mass is 471 g/mol. The SMILES string of the molecule is C=C(N=C(C)c1ccccc1)c1c2ccccc2c(-c2c(C)c(C)c(O)c(C)c2O)c2ccccc12. The molecule has 2 N–H and O–H groups in total. The van der Waals surface area contributed by atoms with Crippen LogP contribution in [0.4, 0.5) is 0 Å². The molecule has 0 heterocycles. The van der Waals surface area contributed by atoms with Gasteiger partial charge in [0.15, 0.2) is 0 Å². The molecule has 0 aliphatic heterocycles. The van der Waals surface area contributed by atoms with Crippen LogP contribution >= 0.6 is 0 Å². The van der Waals surface area contributed by atoms with E-state index in [2.05, 4.69) is 30.8 Å². The summed E-state index contributed by atoms with van der Waals surface area (Å²) in [6.07, 6.45) is 0. The van der Waals surface area contributed by atoms with Crippen molar-refractivity contribution >= 4 is 33.0 Å². The Bertz CT molecular complexity index is 1610. The smallest absolute Gasteiger partial charge is 0.130 e. The number of rotatable bonds is 4. The van der Waals surface area contributed by atoms with Gasteiger partial charge >= 0.3 is 0 Å². The Morgan fingerprint density at radius 3 is 1.67 bits per heavy atom. The summed E-state index contributed by atoms with van der Waals surface area (Å²) >= 11 is 0. The molecule has 0 aliphatic carbocycles. The first-order valence-electron chi connectivity index (χ1n) is 12.1. The molecule has 0 unspecified atom stereocenters. The second-order valence-corrected chi connectivity index (χ2v) is 9.30. The number of hydrogen-bond donors (Lipinski definition) is 2. The van der Waals surface area contributed by atoms with Gasteiger partial charge in [-0.25, -0.2) is 0 Å². The number of hydrogen-bond acceptors (Lipinski definition) is 3. The van der Waals surface area contributed by atoms with E-state index in [9.17, 15) is 10.2 Å². The second-order valence-electron chi connectivity index (χ2n) is 9.30. The molecule has 0 aliphatic rings. The summed E-state index contributed by atoms with van der Waals surface area (Å²) in [5, 5.41) is 25.9. The van der Waals surface area contributed by atoms with Crippen molar-refractivity contribution in [1.82, 2.24) is 0 Å². The highest BCUT2D eigenvalue weighted by molar-refractivity contribution is 6.20. The molecule has 3 nitrogen and oxygen atoms in total. The molecule has 5 aromatic carbocycles. The Hall–Kier alpha value is -4.37. The molecule has 0 radical (unpaired) electrons. The Morgan fingerprint density at radius 1 is 0.611 bits per heavy atom. The number of benzene rings is 5. The van der Waals surface area contributed by atoms with Crippen molar-refractivity contribution in [3.63, 3.8) is 0 Å². The van der Waals surface area contributed by atoms with E-state index in [1.54, 1.807) is 6.92 Å². The molecule has 36 heavy (non-hydrogen) atoms. The van der Waals surface area contributed by atoms with Crippen LogP contribution in [0, 0.1) is 20.8 Å². The van der Waals surface area contributed by atoms with Crippen LogP contribution in [0.3, 0.4) is 0 Å². The highest BCUT2D eigenvalue weighted by Crippen LogP contribution is 2.48. The van der Waals surface area contributed by atoms with E-state index in [0.717, 1.165) is 60.6 Å². The summed E-state index contributed by atoms with van der Waals surface area (Å²) in [7, 11) is 0. The lowest BCUT2D eigenvalue weighted by atomic mass is 9.84. The molecule has 0 saturated carbocycles. The highest BCUT2D eigenvalue weighted by atomic mass is 16.3. The second kappa shape index (κ2) is 9.01. The van der Waals surface area contributed by atoms with Crippen LogP contribution in [0.25, 0.3) is 38.4 Å². The Kier molecular flexibility index (Phi) is 5.85. The summed E-state index contributed by atoms with van der Waals surface area (Å²) < 4.78 is 0. The van der Waals surface area contributed by atoms with Gasteiger partial charge in [0.05, 0.1) is 5.70 Å². The maximum Gasteiger partial charge on any atom is 0.130 e. The van der Waals surface area contributed by atoms with Crippen LogP contribution in [0.5, 0.6) is 11.5 Å². The predicted molar refractivity (Wildman–Crippen MR) is 152 cm³/mol. The van der Waals surface area contributed by atoms with Crippen molar-refractivity contribution in [2.45, 2.75) is 27.7 Å². The van der Waals surface area contributed by atoms with E-state index in [4.69, 9.17) is 4.99 Å². The Labute approximate surface area is 211 Å². The average Bonchev–Trinajstić information content (AvgIpc) is 2.90. The first kappa shape index (κ1) is 23.4. The van der Waals surface area contributed by atoms with Gasteiger partial charge in [0.2, 0.25) is 0 Å². The molecule has 0 atom stereocenters. The zero-order valence-corrected chi connectivity index (χ0v) is 21.1. The summed E-state index contributed by atoms with van der Waals surface area (Å²) in [6.45, 7) is 12.0. The molecule has 0 spiro atoms. The molecular weight excluding hydrogens is 442 g/mol. The van der Waals surface area contributed by atoms with Crippen LogP contribution in [0.15, 0.2) is 90.4 Å². The summed E-state index contributed by atoms with van der Waals surface area (Å²) in [5.74, 6) is 0.244. The van der Waals surface area contributed by atoms with Crippen LogP contribution in [0.2, 0.25) is 0 Å². The summed E-state index contributed by atoms with van der Waals surface area (Å²) in [5.41, 5.74) is 7.42. The minimum absolute atomic E-state index is 0.107. The quantitative estimate of drug-likeness (QED) is 0.204. The van der Waals surface area contributed by atoms with Crippen LogP contribution in [0.1, 0.15) is 34.7 Å². The fourth-order valence-electron chi connectivity index (χ4n) is 5.14. The van der Waals surface area contributed by atoms with E-state index in [1.807, 2.05) is 75.4 Å². The zero-order chi connectivity index (χ0) is 25.6. The molecule has 0 saturated heterocycles. The van der Waals surface area contributed by atoms with Crippen molar-refractivity contribution in [2.24, 2.45) is 4.99 Å². The van der Waals surface area contributed by atoms with Gasteiger partial charge in [-0.1, -0.05) is 85.4 Å². The fourth-order valence-corrected chi connectivity index (χ4v) is 5.14. The number of phenols is 2. The maximum atomic E-state index is 11.3. The Balaban J connectivity index is 1.88. The Morgan fingerprint density at radius 2 is 1.11 bits per heavy atom. The fraction of sp³-hybridized carbons (Fsp3) is 0.121. The molecule has 3 heteroatoms. The van der Waals surface area contributed by atoms with Gasteiger partial charge in [-0.3, -0.25) is 4.99 Å². The summed E-state index contributed by atoms with van der Waals surface area (Å²) in [4.78, 5) is 4.93. The maximum absolute atomic E-state index is 11.3. The molecule has 5 aromatic rings. The number of aliphatic imine (C=N–C) groups is 1. The highest BCUT2D eigenvalue weighted by Gasteiger charge is 2.23. The molecule has 0 aromatic heterocycles. The van der Waals surface area contributed by atoms with Crippen molar-refractivity contribution in [3.05, 3.63) is 113 Å². The lowest BCUT2D eigenvalue weighted by Crippen LogP contribution is -1.98. The van der Waals surface area contributed by atoms with Gasteiger partial charge in [-0.05, 0) is 65.9 Å². The third-order valence-electron chi connectivity index (χ3n) is 7.20. The van der Waals surface area contributed by atoms with Gasteiger partial charge in [0, 0.05) is 28.0 Å². The molecule has 0 amide bonds. The third kappa shape index (κ3) is 3.64. The number of aromatic hydroxyl groups is 2. The van der Waals surface area contributed by atoms with Crippen molar-refractivity contribution in [3.8, 4) is 22.6 Å². The number of phenolic OH excluding ortho intramolecular Hbond substituents is 2. The van der Waals surface area contributed by atoms with E-state index in [0.29, 0.717) is 11.3 Å². The van der Waals surface area contributed by atoms with Gasteiger partial charge in [-0.2, -0.15) is 0 Å². The van der Waals surface area contributed by atoms with Crippen LogP contribution < -0.4 is 0 Å². The number of fused-ring (bicyclic) bond motifs is 2. The van der Waals surface area contributed by atoms with E-state index in [1.165, 1.54) is 0 Å². The first-order chi connectivity index (χ1) is 17.3. The van der Waals surface area contributed by atoms with Crippen molar-refractivity contribution in [1.29, 1.82) is 0 Å². The van der Waals surface area contributed by atoms with Crippen LogP contribution in [-0.4, -0.2) is 15.9 Å². The molecule has 0 fully saturated rings. The van der Waals surface area contributed by atoms with Gasteiger partial charge < -0.3 is 10.2 Å².